The van der Waals surface area contributed by atoms with Crippen molar-refractivity contribution in [2.24, 2.45) is 0 Å². The Morgan fingerprint density at radius 3 is 2.68 bits per heavy atom. The molecule has 1 aliphatic rings. The molecule has 1 aliphatic carbocycles. The third kappa shape index (κ3) is 5.31. The number of carbonyl (C=O) groups excluding carboxylic acids is 2. The fraction of sp³-hybridized carbons (Fsp3) is 0.333. The van der Waals surface area contributed by atoms with Crippen LogP contribution in [0.4, 0.5) is 5.69 Å². The predicted molar refractivity (Wildman–Crippen MR) is 136 cm³/mol. The molecule has 2 aromatic carbocycles. The molecule has 34 heavy (non-hydrogen) atoms. The summed E-state index contributed by atoms with van der Waals surface area (Å²) in [6.07, 6.45) is 6.98. The highest BCUT2D eigenvalue weighted by atomic mass is 16.2. The van der Waals surface area contributed by atoms with Crippen LogP contribution in [-0.2, 0) is 4.79 Å². The van der Waals surface area contributed by atoms with Crippen LogP contribution in [0.5, 0.6) is 0 Å². The van der Waals surface area contributed by atoms with E-state index in [0.717, 1.165) is 48.6 Å². The second-order valence-corrected chi connectivity index (χ2v) is 8.75. The van der Waals surface area contributed by atoms with Gasteiger partial charge in [0.1, 0.15) is 5.69 Å². The molecule has 0 saturated heterocycles. The highest BCUT2D eigenvalue weighted by Gasteiger charge is 2.25. The van der Waals surface area contributed by atoms with Gasteiger partial charge in [-0.1, -0.05) is 37.8 Å². The van der Waals surface area contributed by atoms with Crippen LogP contribution in [0.2, 0.25) is 0 Å². The van der Waals surface area contributed by atoms with Gasteiger partial charge in [0.15, 0.2) is 5.82 Å². The molecular weight excluding hydrogens is 426 g/mol. The maximum absolute atomic E-state index is 12.9. The lowest BCUT2D eigenvalue weighted by Gasteiger charge is -2.34. The minimum Gasteiger partial charge on any atom is -0.348 e. The molecule has 1 saturated carbocycles. The van der Waals surface area contributed by atoms with E-state index in [1.807, 2.05) is 36.4 Å². The average Bonchev–Trinajstić information content (AvgIpc) is 2.88. The first-order valence-electron chi connectivity index (χ1n) is 11.8. The molecule has 1 aromatic heterocycles. The highest BCUT2D eigenvalue weighted by Crippen LogP contribution is 2.28. The zero-order valence-corrected chi connectivity index (χ0v) is 19.8. The molecule has 2 amide bonds. The number of aromatic nitrogens is 2. The second kappa shape index (κ2) is 10.6. The first-order valence-corrected chi connectivity index (χ1v) is 11.8. The maximum Gasteiger partial charge on any atom is 0.270 e. The molecule has 2 N–H and O–H groups in total. The minimum atomic E-state index is -0.275. The Bertz CT molecular complexity index is 1200. The molecular formula is C27H31N5O2. The van der Waals surface area contributed by atoms with Crippen LogP contribution < -0.4 is 10.6 Å². The van der Waals surface area contributed by atoms with Gasteiger partial charge in [-0.3, -0.25) is 9.59 Å². The molecule has 1 heterocycles. The number of anilines is 1. The van der Waals surface area contributed by atoms with E-state index < -0.39 is 0 Å². The minimum absolute atomic E-state index is 0.170. The summed E-state index contributed by atoms with van der Waals surface area (Å²) in [7, 11) is 2.16. The Kier molecular flexibility index (Phi) is 7.33. The molecule has 0 bridgehead atoms. The number of hydrogen-bond acceptors (Lipinski definition) is 5. The first-order chi connectivity index (χ1) is 16.5. The van der Waals surface area contributed by atoms with Gasteiger partial charge in [0.05, 0.1) is 0 Å². The molecule has 0 radical (unpaired) electrons. The fourth-order valence-corrected chi connectivity index (χ4v) is 4.51. The number of nitrogens with zero attached hydrogens (tertiary/aromatic N) is 3. The van der Waals surface area contributed by atoms with Crippen LogP contribution in [0.15, 0.2) is 61.3 Å². The summed E-state index contributed by atoms with van der Waals surface area (Å²) in [6, 6.07) is 13.9. The molecule has 0 atom stereocenters. The van der Waals surface area contributed by atoms with E-state index >= 15 is 0 Å². The lowest BCUT2D eigenvalue weighted by atomic mass is 9.90. The van der Waals surface area contributed by atoms with E-state index in [1.54, 1.807) is 12.3 Å². The zero-order chi connectivity index (χ0) is 24.1. The van der Waals surface area contributed by atoms with Gasteiger partial charge >= 0.3 is 0 Å². The van der Waals surface area contributed by atoms with Crippen LogP contribution in [-0.4, -0.2) is 52.4 Å². The van der Waals surface area contributed by atoms with Crippen molar-refractivity contribution in [1.82, 2.24) is 20.2 Å². The van der Waals surface area contributed by atoms with Gasteiger partial charge in [-0.05, 0) is 68.9 Å². The van der Waals surface area contributed by atoms with Gasteiger partial charge in [-0.15, -0.1) is 0 Å². The molecule has 7 heteroatoms. The zero-order valence-electron chi connectivity index (χ0n) is 19.8. The normalized spacial score (nSPS) is 18.0. The van der Waals surface area contributed by atoms with Gasteiger partial charge in [0, 0.05) is 34.9 Å². The molecule has 0 spiro atoms. The molecule has 7 nitrogen and oxygen atoms in total. The summed E-state index contributed by atoms with van der Waals surface area (Å²) in [4.78, 5) is 36.1. The molecule has 0 aliphatic heterocycles. The van der Waals surface area contributed by atoms with Crippen molar-refractivity contribution in [3.05, 3.63) is 67.0 Å². The van der Waals surface area contributed by atoms with Crippen molar-refractivity contribution in [2.45, 2.75) is 44.7 Å². The van der Waals surface area contributed by atoms with Gasteiger partial charge in [0.2, 0.25) is 5.91 Å². The van der Waals surface area contributed by atoms with Crippen LogP contribution >= 0.6 is 0 Å². The number of fused-ring (bicyclic) bond motifs is 1. The maximum atomic E-state index is 12.9. The second-order valence-electron chi connectivity index (χ2n) is 8.75. The first kappa shape index (κ1) is 23.6. The van der Waals surface area contributed by atoms with E-state index in [4.69, 9.17) is 0 Å². The standard InChI is InChI=1S/C27H31N5O2/c1-4-25(33)30-23-8-6-7-18-9-10-19(17-22(18)23)26-28-16-15-24(31-26)27(34)29-20-11-13-21(14-12-20)32(3)5-2/h4,6-10,15-17,20-21H,1,5,11-14H2,2-3H3,(H,29,34)(H,30,33)/t20-,21-. The van der Waals surface area contributed by atoms with Crippen molar-refractivity contribution < 1.29 is 9.59 Å². The third-order valence-electron chi connectivity index (χ3n) is 6.63. The number of amides is 2. The van der Waals surface area contributed by atoms with Crippen LogP contribution in [0.3, 0.4) is 0 Å². The van der Waals surface area contributed by atoms with Crippen molar-refractivity contribution in [2.75, 3.05) is 18.9 Å². The number of benzene rings is 2. The summed E-state index contributed by atoms with van der Waals surface area (Å²) in [5.41, 5.74) is 1.80. The van der Waals surface area contributed by atoms with Gasteiger partial charge < -0.3 is 15.5 Å². The van der Waals surface area contributed by atoms with Crippen molar-refractivity contribution >= 4 is 28.3 Å². The quantitative estimate of drug-likeness (QED) is 0.513. The Balaban J connectivity index is 1.51. The molecule has 3 aromatic rings. The third-order valence-corrected chi connectivity index (χ3v) is 6.63. The van der Waals surface area contributed by atoms with E-state index in [0.29, 0.717) is 23.2 Å². The summed E-state index contributed by atoms with van der Waals surface area (Å²) in [5.74, 6) is 0.0199. The molecule has 0 unspecified atom stereocenters. The van der Waals surface area contributed by atoms with Crippen LogP contribution in [0.25, 0.3) is 22.2 Å². The van der Waals surface area contributed by atoms with Gasteiger partial charge in [0.25, 0.3) is 5.91 Å². The van der Waals surface area contributed by atoms with Crippen molar-refractivity contribution in [3.63, 3.8) is 0 Å². The van der Waals surface area contributed by atoms with E-state index in [1.165, 1.54) is 6.08 Å². The lowest BCUT2D eigenvalue weighted by Crippen LogP contribution is -2.42. The molecule has 1 fully saturated rings. The van der Waals surface area contributed by atoms with Gasteiger partial charge in [-0.2, -0.15) is 0 Å². The Labute approximate surface area is 200 Å². The number of carbonyl (C=O) groups is 2. The Hall–Kier alpha value is -3.58. The predicted octanol–water partition coefficient (Wildman–Crippen LogP) is 4.41. The lowest BCUT2D eigenvalue weighted by molar-refractivity contribution is -0.111. The summed E-state index contributed by atoms with van der Waals surface area (Å²) < 4.78 is 0. The van der Waals surface area contributed by atoms with E-state index in [2.05, 4.69) is 46.1 Å². The largest absolute Gasteiger partial charge is 0.348 e. The summed E-state index contributed by atoms with van der Waals surface area (Å²) in [5, 5.41) is 7.83. The summed E-state index contributed by atoms with van der Waals surface area (Å²) in [6.45, 7) is 6.73. The van der Waals surface area contributed by atoms with Crippen molar-refractivity contribution in [1.29, 1.82) is 0 Å². The average molecular weight is 458 g/mol. The molecule has 4 rings (SSSR count). The van der Waals surface area contributed by atoms with Gasteiger partial charge in [-0.25, -0.2) is 9.97 Å². The smallest absolute Gasteiger partial charge is 0.270 e. The number of hydrogen-bond donors (Lipinski definition) is 2. The SMILES string of the molecule is C=CC(=O)Nc1cccc2ccc(-c3nccc(C(=O)N[C@H]4CC[C@H](N(C)CC)CC4)n3)cc12. The summed E-state index contributed by atoms with van der Waals surface area (Å²) >= 11 is 0. The monoisotopic (exact) mass is 457 g/mol. The van der Waals surface area contributed by atoms with E-state index in [9.17, 15) is 9.59 Å². The fourth-order valence-electron chi connectivity index (χ4n) is 4.51. The van der Waals surface area contributed by atoms with Crippen molar-refractivity contribution in [3.8, 4) is 11.4 Å². The Morgan fingerprint density at radius 1 is 1.15 bits per heavy atom. The highest BCUT2D eigenvalue weighted by molar-refractivity contribution is 6.06. The van der Waals surface area contributed by atoms with Crippen LogP contribution in [0.1, 0.15) is 43.1 Å². The Morgan fingerprint density at radius 2 is 1.94 bits per heavy atom. The number of rotatable bonds is 7. The van der Waals surface area contributed by atoms with E-state index in [-0.39, 0.29) is 17.9 Å². The molecule has 176 valence electrons. The topological polar surface area (TPSA) is 87.2 Å². The van der Waals surface area contributed by atoms with Crippen LogP contribution in [0, 0.1) is 0 Å². The number of nitrogens with one attached hydrogen (secondary N) is 2.